The smallest absolute Gasteiger partial charge is 0.377 e. The van der Waals surface area contributed by atoms with Gasteiger partial charge >= 0.3 is 7.82 Å². The Labute approximate surface area is 229 Å². The van der Waals surface area contributed by atoms with E-state index >= 15 is 0 Å². The van der Waals surface area contributed by atoms with Crippen molar-refractivity contribution < 1.29 is 37.6 Å². The minimum absolute atomic E-state index is 0.0587. The van der Waals surface area contributed by atoms with Crippen molar-refractivity contribution >= 4 is 25.3 Å². The predicted octanol–water partition coefficient (Wildman–Crippen LogP) is 3.40. The summed E-state index contributed by atoms with van der Waals surface area (Å²) in [5.74, 6) is 5.96. The van der Waals surface area contributed by atoms with Gasteiger partial charge in [0.05, 0.1) is 51.4 Å². The molecule has 210 valence electrons. The number of amides is 2. The third kappa shape index (κ3) is 10.6. The summed E-state index contributed by atoms with van der Waals surface area (Å²) in [5.41, 5.74) is 3.35. The normalized spacial score (nSPS) is 13.8. The van der Waals surface area contributed by atoms with Crippen molar-refractivity contribution in [3.63, 3.8) is 0 Å². The Balaban J connectivity index is 1.32. The lowest BCUT2D eigenvalue weighted by atomic mass is 10.0. The Morgan fingerprint density at radius 1 is 0.949 bits per heavy atom. The SMILES string of the molecule is CC(C)OP(=O)(O)OCCOCCOCCNC(=O)CCC(=O)N1Cc2ccccc2C#Cc2ccccc21. The summed E-state index contributed by atoms with van der Waals surface area (Å²) in [4.78, 5) is 36.6. The summed E-state index contributed by atoms with van der Waals surface area (Å²) in [6, 6.07) is 15.3. The van der Waals surface area contributed by atoms with Crippen molar-refractivity contribution in [1.29, 1.82) is 0 Å². The summed E-state index contributed by atoms with van der Waals surface area (Å²) in [6.45, 7) is 4.80. The maximum atomic E-state index is 13.2. The zero-order chi connectivity index (χ0) is 28.1. The van der Waals surface area contributed by atoms with Gasteiger partial charge in [0.2, 0.25) is 11.8 Å². The highest BCUT2D eigenvalue weighted by molar-refractivity contribution is 7.47. The van der Waals surface area contributed by atoms with E-state index in [4.69, 9.17) is 18.5 Å². The molecule has 2 amide bonds. The number of phosphoric ester groups is 1. The Morgan fingerprint density at radius 2 is 1.59 bits per heavy atom. The van der Waals surface area contributed by atoms with Crippen LogP contribution in [0.25, 0.3) is 0 Å². The van der Waals surface area contributed by atoms with Gasteiger partial charge in [-0.3, -0.25) is 18.6 Å². The Hall–Kier alpha value is -3.03. The van der Waals surface area contributed by atoms with E-state index in [2.05, 4.69) is 17.2 Å². The number of phosphoric acid groups is 1. The summed E-state index contributed by atoms with van der Waals surface area (Å²) in [6.07, 6.45) is -0.301. The number of fused-ring (bicyclic) bond motifs is 2. The highest BCUT2D eigenvalue weighted by Gasteiger charge is 2.23. The lowest BCUT2D eigenvalue weighted by Crippen LogP contribution is -2.34. The molecule has 0 saturated heterocycles. The second-order valence-electron chi connectivity index (χ2n) is 8.93. The van der Waals surface area contributed by atoms with Gasteiger partial charge in [-0.05, 0) is 37.6 Å². The van der Waals surface area contributed by atoms with E-state index in [1.165, 1.54) is 0 Å². The van der Waals surface area contributed by atoms with E-state index < -0.39 is 13.9 Å². The van der Waals surface area contributed by atoms with Crippen LogP contribution in [0.15, 0.2) is 48.5 Å². The second kappa shape index (κ2) is 15.5. The molecule has 1 unspecified atom stereocenters. The predicted molar refractivity (Wildman–Crippen MR) is 146 cm³/mol. The molecule has 0 saturated carbocycles. The molecule has 2 aromatic carbocycles. The van der Waals surface area contributed by atoms with Crippen LogP contribution in [0, 0.1) is 11.8 Å². The fourth-order valence-electron chi connectivity index (χ4n) is 3.74. The van der Waals surface area contributed by atoms with Crippen LogP contribution >= 0.6 is 7.82 Å². The van der Waals surface area contributed by atoms with E-state index in [0.29, 0.717) is 13.1 Å². The van der Waals surface area contributed by atoms with Crippen LogP contribution < -0.4 is 10.2 Å². The molecule has 3 rings (SSSR count). The molecule has 1 aliphatic heterocycles. The minimum atomic E-state index is -4.06. The first-order valence-electron chi connectivity index (χ1n) is 12.8. The lowest BCUT2D eigenvalue weighted by Gasteiger charge is -2.26. The van der Waals surface area contributed by atoms with E-state index in [9.17, 15) is 19.0 Å². The minimum Gasteiger partial charge on any atom is -0.377 e. The highest BCUT2D eigenvalue weighted by atomic mass is 31.2. The Bertz CT molecular complexity index is 1220. The van der Waals surface area contributed by atoms with Crippen LogP contribution in [0.5, 0.6) is 0 Å². The first kappa shape index (κ1) is 30.5. The highest BCUT2D eigenvalue weighted by Crippen LogP contribution is 2.44. The molecule has 10 nitrogen and oxygen atoms in total. The van der Waals surface area contributed by atoms with Gasteiger partial charge in [0.25, 0.3) is 0 Å². The number of nitrogens with one attached hydrogen (secondary N) is 1. The van der Waals surface area contributed by atoms with Crippen molar-refractivity contribution in [3.8, 4) is 11.8 Å². The average Bonchev–Trinajstić information content (AvgIpc) is 2.89. The number of anilines is 1. The fourth-order valence-corrected chi connectivity index (χ4v) is 4.64. The molecule has 1 aliphatic rings. The molecule has 0 fully saturated rings. The van der Waals surface area contributed by atoms with Crippen molar-refractivity contribution in [2.24, 2.45) is 0 Å². The molecule has 0 spiro atoms. The average molecular weight is 559 g/mol. The van der Waals surface area contributed by atoms with Gasteiger partial charge in [-0.2, -0.15) is 0 Å². The second-order valence-corrected chi connectivity index (χ2v) is 10.3. The monoisotopic (exact) mass is 558 g/mol. The maximum absolute atomic E-state index is 13.2. The summed E-state index contributed by atoms with van der Waals surface area (Å²) >= 11 is 0. The Morgan fingerprint density at radius 3 is 2.36 bits per heavy atom. The van der Waals surface area contributed by atoms with Crippen molar-refractivity contribution in [3.05, 3.63) is 65.2 Å². The Kier molecular flexibility index (Phi) is 12.2. The number of rotatable bonds is 15. The quantitative estimate of drug-likeness (QED) is 0.194. The van der Waals surface area contributed by atoms with Gasteiger partial charge in [-0.1, -0.05) is 42.2 Å². The first-order chi connectivity index (χ1) is 18.7. The van der Waals surface area contributed by atoms with Gasteiger partial charge < -0.3 is 24.6 Å². The number of nitrogens with zero attached hydrogens (tertiary/aromatic N) is 1. The molecule has 0 aromatic heterocycles. The molecule has 39 heavy (non-hydrogen) atoms. The maximum Gasteiger partial charge on any atom is 0.472 e. The van der Waals surface area contributed by atoms with E-state index in [-0.39, 0.29) is 57.7 Å². The standard InChI is InChI=1S/C28H35N2O8P/c1-22(2)38-39(33,34)37-20-19-36-18-17-35-16-15-29-27(31)13-14-28(32)30-21-25-9-4-3-7-23(25)11-12-24-8-5-6-10-26(24)30/h3-10,22H,13-21H2,1-2H3,(H,29,31)(H,33,34). The van der Waals surface area contributed by atoms with Crippen molar-refractivity contribution in [1.82, 2.24) is 5.32 Å². The molecular formula is C28H35N2O8P. The number of benzene rings is 2. The van der Waals surface area contributed by atoms with Crippen LogP contribution in [0.1, 0.15) is 43.4 Å². The first-order valence-corrected chi connectivity index (χ1v) is 14.3. The molecule has 0 aliphatic carbocycles. The molecular weight excluding hydrogens is 523 g/mol. The molecule has 2 N–H and O–H groups in total. The topological polar surface area (TPSA) is 124 Å². The fraction of sp³-hybridized carbons (Fsp3) is 0.429. The molecule has 0 bridgehead atoms. The number of hydrogen-bond acceptors (Lipinski definition) is 7. The molecule has 0 radical (unpaired) electrons. The third-order valence-corrected chi connectivity index (χ3v) is 6.70. The van der Waals surface area contributed by atoms with Gasteiger partial charge in [0, 0.05) is 30.5 Å². The van der Waals surface area contributed by atoms with Gasteiger partial charge in [0.15, 0.2) is 0 Å². The molecule has 2 aromatic rings. The van der Waals surface area contributed by atoms with E-state index in [1.54, 1.807) is 18.7 Å². The van der Waals surface area contributed by atoms with E-state index in [1.807, 2.05) is 48.5 Å². The van der Waals surface area contributed by atoms with Crippen LogP contribution in [-0.2, 0) is 39.2 Å². The number of carbonyl (C=O) groups is 2. The number of para-hydroxylation sites is 1. The summed E-state index contributed by atoms with van der Waals surface area (Å²) in [5, 5.41) is 2.75. The van der Waals surface area contributed by atoms with Crippen LogP contribution in [0.2, 0.25) is 0 Å². The van der Waals surface area contributed by atoms with Crippen LogP contribution in [0.4, 0.5) is 5.69 Å². The summed E-state index contributed by atoms with van der Waals surface area (Å²) < 4.78 is 31.8. The van der Waals surface area contributed by atoms with E-state index in [0.717, 1.165) is 22.4 Å². The van der Waals surface area contributed by atoms with Gasteiger partial charge in [-0.15, -0.1) is 0 Å². The van der Waals surface area contributed by atoms with Crippen molar-refractivity contribution in [2.45, 2.75) is 39.3 Å². The molecule has 11 heteroatoms. The van der Waals surface area contributed by atoms with Gasteiger partial charge in [-0.25, -0.2) is 4.57 Å². The zero-order valence-electron chi connectivity index (χ0n) is 22.3. The largest absolute Gasteiger partial charge is 0.472 e. The zero-order valence-corrected chi connectivity index (χ0v) is 23.2. The van der Waals surface area contributed by atoms with Crippen LogP contribution in [0.3, 0.4) is 0 Å². The number of carbonyl (C=O) groups excluding carboxylic acids is 2. The lowest BCUT2D eigenvalue weighted by molar-refractivity contribution is -0.125. The molecule has 1 heterocycles. The number of hydrogen-bond donors (Lipinski definition) is 2. The van der Waals surface area contributed by atoms with Gasteiger partial charge in [0.1, 0.15) is 0 Å². The third-order valence-electron chi connectivity index (χ3n) is 5.51. The van der Waals surface area contributed by atoms with Crippen molar-refractivity contribution in [2.75, 3.05) is 44.5 Å². The van der Waals surface area contributed by atoms with Crippen LogP contribution in [-0.4, -0.2) is 62.4 Å². The summed E-state index contributed by atoms with van der Waals surface area (Å²) in [7, 11) is -4.06. The molecule has 1 atom stereocenters. The number of ether oxygens (including phenoxy) is 2.